The molecular weight excluding hydrogens is 252 g/mol. The van der Waals surface area contributed by atoms with E-state index in [0.29, 0.717) is 32.1 Å². The van der Waals surface area contributed by atoms with E-state index in [0.717, 1.165) is 12.8 Å². The maximum absolute atomic E-state index is 11.8. The summed E-state index contributed by atoms with van der Waals surface area (Å²) in [4.78, 5) is 0. The predicted molar refractivity (Wildman–Crippen MR) is 63.8 cm³/mol. The molecular formula is C9H19ClN2O3S. The molecule has 0 aliphatic carbocycles. The normalized spacial score (nSPS) is 23.5. The van der Waals surface area contributed by atoms with E-state index >= 15 is 0 Å². The molecule has 0 aromatic rings. The van der Waals surface area contributed by atoms with E-state index in [1.807, 2.05) is 0 Å². The summed E-state index contributed by atoms with van der Waals surface area (Å²) in [6.45, 7) is 1.79. The standard InChI is InChI=1S/C9H19ClN2O3S/c1-15-6-4-11-16(13,14)12-5-2-3-9(7-10)8-12/h9,11H,2-8H2,1H3. The van der Waals surface area contributed by atoms with Crippen LogP contribution in [0.1, 0.15) is 12.8 Å². The molecule has 0 spiro atoms. The Morgan fingerprint density at radius 3 is 2.94 bits per heavy atom. The summed E-state index contributed by atoms with van der Waals surface area (Å²) in [5.74, 6) is 0.791. The molecule has 1 saturated heterocycles. The maximum atomic E-state index is 11.8. The van der Waals surface area contributed by atoms with Gasteiger partial charge in [-0.05, 0) is 18.8 Å². The molecule has 1 N–H and O–H groups in total. The highest BCUT2D eigenvalue weighted by molar-refractivity contribution is 7.87. The number of methoxy groups -OCH3 is 1. The van der Waals surface area contributed by atoms with Gasteiger partial charge < -0.3 is 4.74 Å². The van der Waals surface area contributed by atoms with Gasteiger partial charge in [-0.2, -0.15) is 17.4 Å². The van der Waals surface area contributed by atoms with E-state index < -0.39 is 10.2 Å². The Hall–Kier alpha value is 0.120. The number of rotatable bonds is 6. The molecule has 0 radical (unpaired) electrons. The summed E-state index contributed by atoms with van der Waals surface area (Å²) in [6.07, 6.45) is 1.89. The number of alkyl halides is 1. The second-order valence-corrected chi connectivity index (χ2v) is 5.98. The molecule has 1 aliphatic heterocycles. The van der Waals surface area contributed by atoms with Gasteiger partial charge in [-0.3, -0.25) is 0 Å². The van der Waals surface area contributed by atoms with Crippen molar-refractivity contribution in [1.29, 1.82) is 0 Å². The van der Waals surface area contributed by atoms with Gasteiger partial charge in [-0.15, -0.1) is 11.6 Å². The smallest absolute Gasteiger partial charge is 0.279 e. The van der Waals surface area contributed by atoms with Gasteiger partial charge in [0, 0.05) is 32.6 Å². The molecule has 0 saturated carbocycles. The summed E-state index contributed by atoms with van der Waals surface area (Å²) in [6, 6.07) is 0. The fourth-order valence-electron chi connectivity index (χ4n) is 1.74. The van der Waals surface area contributed by atoms with E-state index in [-0.39, 0.29) is 5.92 Å². The first kappa shape index (κ1) is 14.2. The number of piperidine rings is 1. The van der Waals surface area contributed by atoms with Crippen molar-refractivity contribution >= 4 is 21.8 Å². The second kappa shape index (κ2) is 6.76. The van der Waals surface area contributed by atoms with Crippen LogP contribution in [0.4, 0.5) is 0 Å². The van der Waals surface area contributed by atoms with Crippen LogP contribution < -0.4 is 4.72 Å². The van der Waals surface area contributed by atoms with Gasteiger partial charge in [0.05, 0.1) is 6.61 Å². The van der Waals surface area contributed by atoms with Gasteiger partial charge in [-0.1, -0.05) is 0 Å². The SMILES string of the molecule is COCCNS(=O)(=O)N1CCCC(CCl)C1. The second-order valence-electron chi connectivity index (χ2n) is 3.91. The third-order valence-electron chi connectivity index (χ3n) is 2.63. The number of halogens is 1. The molecule has 16 heavy (non-hydrogen) atoms. The number of hydrogen-bond acceptors (Lipinski definition) is 3. The predicted octanol–water partition coefficient (Wildman–Crippen LogP) is 0.418. The van der Waals surface area contributed by atoms with Crippen LogP contribution in [0.5, 0.6) is 0 Å². The average molecular weight is 271 g/mol. The van der Waals surface area contributed by atoms with Crippen molar-refractivity contribution in [2.75, 3.05) is 39.2 Å². The molecule has 0 aromatic heterocycles. The first-order chi connectivity index (χ1) is 7.60. The lowest BCUT2D eigenvalue weighted by molar-refractivity contribution is 0.203. The summed E-state index contributed by atoms with van der Waals surface area (Å²) >= 11 is 5.76. The third-order valence-corrected chi connectivity index (χ3v) is 4.65. The van der Waals surface area contributed by atoms with Crippen molar-refractivity contribution in [3.05, 3.63) is 0 Å². The largest absolute Gasteiger partial charge is 0.383 e. The average Bonchev–Trinajstić information content (AvgIpc) is 2.29. The lowest BCUT2D eigenvalue weighted by Crippen LogP contribution is -2.47. The van der Waals surface area contributed by atoms with E-state index in [2.05, 4.69) is 4.72 Å². The van der Waals surface area contributed by atoms with Crippen molar-refractivity contribution < 1.29 is 13.2 Å². The van der Waals surface area contributed by atoms with Crippen molar-refractivity contribution in [3.8, 4) is 0 Å². The van der Waals surface area contributed by atoms with Gasteiger partial charge in [0.2, 0.25) is 0 Å². The van der Waals surface area contributed by atoms with Gasteiger partial charge in [0.1, 0.15) is 0 Å². The first-order valence-electron chi connectivity index (χ1n) is 5.39. The Balaban J connectivity index is 2.47. The van der Waals surface area contributed by atoms with E-state index in [4.69, 9.17) is 16.3 Å². The van der Waals surface area contributed by atoms with Crippen LogP contribution in [0.15, 0.2) is 0 Å². The summed E-state index contributed by atoms with van der Waals surface area (Å²) in [5.41, 5.74) is 0. The van der Waals surface area contributed by atoms with Crippen molar-refractivity contribution in [1.82, 2.24) is 9.03 Å². The topological polar surface area (TPSA) is 58.6 Å². The van der Waals surface area contributed by atoms with E-state index in [1.54, 1.807) is 7.11 Å². The summed E-state index contributed by atoms with van der Waals surface area (Å²) < 4.78 is 32.5. The Labute approximate surface area is 102 Å². The molecule has 0 amide bonds. The van der Waals surface area contributed by atoms with Gasteiger partial charge in [-0.25, -0.2) is 0 Å². The number of hydrogen-bond donors (Lipinski definition) is 1. The summed E-state index contributed by atoms with van der Waals surface area (Å²) in [5, 5.41) is 0. The molecule has 1 heterocycles. The number of nitrogens with one attached hydrogen (secondary N) is 1. The van der Waals surface area contributed by atoms with Crippen LogP contribution in [0.3, 0.4) is 0 Å². The Bertz CT molecular complexity index is 297. The van der Waals surface area contributed by atoms with E-state index in [9.17, 15) is 8.42 Å². The summed E-state index contributed by atoms with van der Waals surface area (Å²) in [7, 11) is -1.81. The molecule has 0 aromatic carbocycles. The molecule has 96 valence electrons. The Kier molecular flexibility index (Phi) is 5.99. The van der Waals surface area contributed by atoms with Gasteiger partial charge in [0.15, 0.2) is 0 Å². The fraction of sp³-hybridized carbons (Fsp3) is 1.00. The van der Waals surface area contributed by atoms with E-state index in [1.165, 1.54) is 4.31 Å². The highest BCUT2D eigenvalue weighted by Crippen LogP contribution is 2.19. The number of ether oxygens (including phenoxy) is 1. The molecule has 1 aliphatic rings. The first-order valence-corrected chi connectivity index (χ1v) is 7.37. The van der Waals surface area contributed by atoms with Crippen molar-refractivity contribution in [3.63, 3.8) is 0 Å². The minimum Gasteiger partial charge on any atom is -0.383 e. The van der Waals surface area contributed by atoms with Crippen molar-refractivity contribution in [2.24, 2.45) is 5.92 Å². The molecule has 1 rings (SSSR count). The molecule has 1 fully saturated rings. The zero-order valence-electron chi connectivity index (χ0n) is 9.49. The van der Waals surface area contributed by atoms with Crippen LogP contribution in [0.2, 0.25) is 0 Å². The molecule has 0 bridgehead atoms. The quantitative estimate of drug-likeness (QED) is 0.562. The lowest BCUT2D eigenvalue weighted by Gasteiger charge is -2.30. The third kappa shape index (κ3) is 4.18. The molecule has 5 nitrogen and oxygen atoms in total. The zero-order valence-corrected chi connectivity index (χ0v) is 11.1. The van der Waals surface area contributed by atoms with Crippen LogP contribution >= 0.6 is 11.6 Å². The van der Waals surface area contributed by atoms with Gasteiger partial charge in [0.25, 0.3) is 10.2 Å². The zero-order chi connectivity index (χ0) is 12.0. The maximum Gasteiger partial charge on any atom is 0.279 e. The van der Waals surface area contributed by atoms with Gasteiger partial charge >= 0.3 is 0 Å². The Morgan fingerprint density at radius 1 is 1.56 bits per heavy atom. The minimum absolute atomic E-state index is 0.273. The number of nitrogens with zero attached hydrogens (tertiary/aromatic N) is 1. The van der Waals surface area contributed by atoms with Crippen LogP contribution in [0.25, 0.3) is 0 Å². The van der Waals surface area contributed by atoms with Crippen molar-refractivity contribution in [2.45, 2.75) is 12.8 Å². The highest BCUT2D eigenvalue weighted by atomic mass is 35.5. The van der Waals surface area contributed by atoms with Crippen LogP contribution in [0, 0.1) is 5.92 Å². The lowest BCUT2D eigenvalue weighted by atomic mass is 10.0. The Morgan fingerprint density at radius 2 is 2.31 bits per heavy atom. The molecule has 1 atom stereocenters. The highest BCUT2D eigenvalue weighted by Gasteiger charge is 2.27. The van der Waals surface area contributed by atoms with Crippen LogP contribution in [-0.4, -0.2) is 52.0 Å². The minimum atomic E-state index is -3.35. The molecule has 7 heteroatoms. The van der Waals surface area contributed by atoms with Crippen LogP contribution in [-0.2, 0) is 14.9 Å². The fourth-order valence-corrected chi connectivity index (χ4v) is 3.29. The monoisotopic (exact) mass is 270 g/mol. The molecule has 1 unspecified atom stereocenters.